The fourth-order valence-electron chi connectivity index (χ4n) is 2.73. The van der Waals surface area contributed by atoms with Gasteiger partial charge in [0.2, 0.25) is 0 Å². The van der Waals surface area contributed by atoms with Crippen molar-refractivity contribution in [1.29, 1.82) is 0 Å². The summed E-state index contributed by atoms with van der Waals surface area (Å²) in [5.41, 5.74) is 7.79. The molecule has 0 aliphatic heterocycles. The van der Waals surface area contributed by atoms with Crippen LogP contribution in [0.3, 0.4) is 0 Å². The molecule has 3 heteroatoms. The lowest BCUT2D eigenvalue weighted by atomic mass is 9.80. The SMILES string of the molecule is CCC(CSC)N(C)CC(C)(C)C(N)c1ccccc1. The van der Waals surface area contributed by atoms with Gasteiger partial charge in [0.05, 0.1) is 0 Å². The third-order valence-corrected chi connectivity index (χ3v) is 4.83. The largest absolute Gasteiger partial charge is 0.323 e. The first-order valence-corrected chi connectivity index (χ1v) is 8.81. The van der Waals surface area contributed by atoms with E-state index in [0.29, 0.717) is 6.04 Å². The first-order valence-electron chi connectivity index (χ1n) is 7.42. The lowest BCUT2D eigenvalue weighted by Crippen LogP contribution is -2.44. The zero-order valence-corrected chi connectivity index (χ0v) is 14.4. The maximum Gasteiger partial charge on any atom is 0.0359 e. The third-order valence-electron chi connectivity index (χ3n) is 4.11. The van der Waals surface area contributed by atoms with Crippen molar-refractivity contribution >= 4 is 11.8 Å². The molecule has 1 rings (SSSR count). The van der Waals surface area contributed by atoms with E-state index in [-0.39, 0.29) is 11.5 Å². The summed E-state index contributed by atoms with van der Waals surface area (Å²) in [6, 6.07) is 11.1. The summed E-state index contributed by atoms with van der Waals surface area (Å²) < 4.78 is 0. The van der Waals surface area contributed by atoms with Gasteiger partial charge >= 0.3 is 0 Å². The van der Waals surface area contributed by atoms with Crippen molar-refractivity contribution in [3.63, 3.8) is 0 Å². The molecule has 2 atom stereocenters. The molecule has 0 bridgehead atoms. The molecule has 0 fully saturated rings. The van der Waals surface area contributed by atoms with Gasteiger partial charge in [0.15, 0.2) is 0 Å². The van der Waals surface area contributed by atoms with E-state index in [0.717, 1.165) is 6.54 Å². The Kier molecular flexibility index (Phi) is 7.07. The van der Waals surface area contributed by atoms with Crippen LogP contribution in [0.2, 0.25) is 0 Å². The van der Waals surface area contributed by atoms with Crippen molar-refractivity contribution in [3.05, 3.63) is 35.9 Å². The standard InChI is InChI=1S/C17H30N2S/c1-6-15(12-20-5)19(4)13-17(2,3)16(18)14-10-8-7-9-11-14/h7-11,15-16H,6,12-13,18H2,1-5H3. The molecular formula is C17H30N2S. The van der Waals surface area contributed by atoms with Crippen LogP contribution >= 0.6 is 11.8 Å². The van der Waals surface area contributed by atoms with Crippen LogP contribution in [0.15, 0.2) is 30.3 Å². The smallest absolute Gasteiger partial charge is 0.0359 e. The molecule has 0 spiro atoms. The summed E-state index contributed by atoms with van der Waals surface area (Å²) in [4.78, 5) is 2.47. The maximum atomic E-state index is 6.50. The monoisotopic (exact) mass is 294 g/mol. The van der Waals surface area contributed by atoms with Gasteiger partial charge in [-0.25, -0.2) is 0 Å². The van der Waals surface area contributed by atoms with Gasteiger partial charge in [-0.05, 0) is 30.7 Å². The first kappa shape index (κ1) is 17.5. The molecule has 0 saturated carbocycles. The summed E-state index contributed by atoms with van der Waals surface area (Å²) in [6.45, 7) is 7.82. The van der Waals surface area contributed by atoms with Crippen LogP contribution in [0.1, 0.15) is 38.8 Å². The molecule has 2 nitrogen and oxygen atoms in total. The van der Waals surface area contributed by atoms with Crippen LogP contribution in [-0.2, 0) is 0 Å². The maximum absolute atomic E-state index is 6.50. The lowest BCUT2D eigenvalue weighted by Gasteiger charge is -2.38. The highest BCUT2D eigenvalue weighted by atomic mass is 32.2. The van der Waals surface area contributed by atoms with E-state index < -0.39 is 0 Å². The van der Waals surface area contributed by atoms with Crippen LogP contribution in [-0.4, -0.2) is 36.5 Å². The minimum absolute atomic E-state index is 0.0575. The molecule has 0 aliphatic rings. The van der Waals surface area contributed by atoms with E-state index in [9.17, 15) is 0 Å². The summed E-state index contributed by atoms with van der Waals surface area (Å²) in [6.07, 6.45) is 3.37. The average molecular weight is 295 g/mol. The van der Waals surface area contributed by atoms with Gasteiger partial charge in [0.25, 0.3) is 0 Å². The first-order chi connectivity index (χ1) is 9.42. The molecule has 0 aliphatic carbocycles. The molecular weight excluding hydrogens is 264 g/mol. The van der Waals surface area contributed by atoms with Crippen LogP contribution in [0, 0.1) is 5.41 Å². The van der Waals surface area contributed by atoms with E-state index in [1.165, 1.54) is 17.7 Å². The van der Waals surface area contributed by atoms with Gasteiger partial charge in [0.1, 0.15) is 0 Å². The van der Waals surface area contributed by atoms with E-state index in [1.807, 2.05) is 17.8 Å². The Morgan fingerprint density at radius 3 is 2.35 bits per heavy atom. The van der Waals surface area contributed by atoms with Crippen LogP contribution in [0.4, 0.5) is 0 Å². The van der Waals surface area contributed by atoms with Crippen molar-refractivity contribution in [2.45, 2.75) is 39.3 Å². The van der Waals surface area contributed by atoms with E-state index in [1.54, 1.807) is 0 Å². The zero-order chi connectivity index (χ0) is 15.2. The predicted octanol–water partition coefficient (Wildman–Crippen LogP) is 3.79. The highest BCUT2D eigenvalue weighted by Crippen LogP contribution is 2.32. The normalized spacial score (nSPS) is 15.3. The molecule has 0 radical (unpaired) electrons. The summed E-state index contributed by atoms with van der Waals surface area (Å²) in [7, 11) is 2.23. The molecule has 20 heavy (non-hydrogen) atoms. The Morgan fingerprint density at radius 2 is 1.85 bits per heavy atom. The average Bonchev–Trinajstić information content (AvgIpc) is 2.44. The zero-order valence-electron chi connectivity index (χ0n) is 13.6. The van der Waals surface area contributed by atoms with Crippen molar-refractivity contribution in [2.24, 2.45) is 11.1 Å². The van der Waals surface area contributed by atoms with Gasteiger partial charge < -0.3 is 10.6 Å². The Bertz CT molecular complexity index is 378. The highest BCUT2D eigenvalue weighted by Gasteiger charge is 2.30. The van der Waals surface area contributed by atoms with Gasteiger partial charge in [-0.2, -0.15) is 11.8 Å². The minimum atomic E-state index is 0.0575. The second-order valence-corrected chi connectivity index (χ2v) is 7.22. The number of hydrogen-bond acceptors (Lipinski definition) is 3. The van der Waals surface area contributed by atoms with Crippen molar-refractivity contribution in [2.75, 3.05) is 25.6 Å². The Balaban J connectivity index is 2.73. The quantitative estimate of drug-likeness (QED) is 0.791. The van der Waals surface area contributed by atoms with Gasteiger partial charge in [0, 0.05) is 24.4 Å². The number of thioether (sulfide) groups is 1. The van der Waals surface area contributed by atoms with Crippen LogP contribution in [0.5, 0.6) is 0 Å². The third kappa shape index (κ3) is 4.80. The van der Waals surface area contributed by atoms with Crippen molar-refractivity contribution in [3.8, 4) is 0 Å². The number of nitrogens with two attached hydrogens (primary N) is 1. The predicted molar refractivity (Wildman–Crippen MR) is 92.2 cm³/mol. The summed E-state index contributed by atoms with van der Waals surface area (Å²) in [5, 5.41) is 0. The second kappa shape index (κ2) is 8.06. The highest BCUT2D eigenvalue weighted by molar-refractivity contribution is 7.98. The summed E-state index contributed by atoms with van der Waals surface area (Å²) >= 11 is 1.92. The fraction of sp³-hybridized carbons (Fsp3) is 0.647. The molecule has 1 aromatic rings. The number of nitrogens with zero attached hydrogens (tertiary/aromatic N) is 1. The number of benzene rings is 1. The molecule has 114 valence electrons. The molecule has 0 amide bonds. The van der Waals surface area contributed by atoms with Gasteiger partial charge in [-0.1, -0.05) is 51.1 Å². The molecule has 0 aromatic heterocycles. The molecule has 0 saturated heterocycles. The van der Waals surface area contributed by atoms with Gasteiger partial charge in [-0.15, -0.1) is 0 Å². The topological polar surface area (TPSA) is 29.3 Å². The van der Waals surface area contributed by atoms with Crippen molar-refractivity contribution in [1.82, 2.24) is 4.90 Å². The summed E-state index contributed by atoms with van der Waals surface area (Å²) in [5.74, 6) is 1.18. The minimum Gasteiger partial charge on any atom is -0.323 e. The van der Waals surface area contributed by atoms with E-state index in [4.69, 9.17) is 5.73 Å². The fourth-order valence-corrected chi connectivity index (χ4v) is 3.61. The lowest BCUT2D eigenvalue weighted by molar-refractivity contribution is 0.144. The van der Waals surface area contributed by atoms with E-state index in [2.05, 4.69) is 63.2 Å². The number of hydrogen-bond donors (Lipinski definition) is 1. The molecule has 0 heterocycles. The Hall–Kier alpha value is -0.510. The number of rotatable bonds is 8. The molecule has 2 N–H and O–H groups in total. The molecule has 2 unspecified atom stereocenters. The van der Waals surface area contributed by atoms with Crippen molar-refractivity contribution < 1.29 is 0 Å². The Morgan fingerprint density at radius 1 is 1.25 bits per heavy atom. The van der Waals surface area contributed by atoms with Gasteiger partial charge in [-0.3, -0.25) is 0 Å². The second-order valence-electron chi connectivity index (χ2n) is 6.31. The molecule has 1 aromatic carbocycles. The Labute approximate surface area is 129 Å². The van der Waals surface area contributed by atoms with Crippen LogP contribution < -0.4 is 5.73 Å². The van der Waals surface area contributed by atoms with E-state index >= 15 is 0 Å². The van der Waals surface area contributed by atoms with Crippen LogP contribution in [0.25, 0.3) is 0 Å².